The zero-order chi connectivity index (χ0) is 23.4. The number of carboxylic acid groups (broad SMARTS) is 1. The van der Waals surface area contributed by atoms with E-state index in [1.165, 1.54) is 6.42 Å². The lowest BCUT2D eigenvalue weighted by molar-refractivity contribution is -0.142. The Morgan fingerprint density at radius 3 is 1.72 bits per heavy atom. The SMILES string of the molecule is O=C(O)c1ccccc1.O=C1CCCCC1.O=C1CCCCCO1.O=Cc1ccccc1. The van der Waals surface area contributed by atoms with Gasteiger partial charge in [0.1, 0.15) is 12.1 Å². The van der Waals surface area contributed by atoms with Gasteiger partial charge in [0.25, 0.3) is 0 Å². The summed E-state index contributed by atoms with van der Waals surface area (Å²) in [7, 11) is 0. The Kier molecular flexibility index (Phi) is 14.6. The number of carbonyl (C=O) groups is 4. The van der Waals surface area contributed by atoms with E-state index >= 15 is 0 Å². The standard InChI is InChI=1S/C7H6O2.C7H6O.C6H10O2.C6H10O/c8-7(9)6-4-2-1-3-5-6;8-6-7-4-2-1-3-5-7;7-6-4-2-1-3-5-8-6;7-6-4-2-1-3-5-6/h1-5H,(H,8,9);1-6H;1-5H2;1-5H2. The monoisotopic (exact) mass is 440 g/mol. The van der Waals surface area contributed by atoms with Gasteiger partial charge in [0.2, 0.25) is 0 Å². The molecule has 172 valence electrons. The molecular formula is C26H32O6. The van der Waals surface area contributed by atoms with E-state index in [0.29, 0.717) is 24.4 Å². The molecule has 0 atom stereocenters. The highest BCUT2D eigenvalue weighted by atomic mass is 16.5. The van der Waals surface area contributed by atoms with Crippen molar-refractivity contribution in [2.75, 3.05) is 6.61 Å². The number of aromatic carboxylic acids is 1. The van der Waals surface area contributed by atoms with Gasteiger partial charge in [-0.1, -0.05) is 55.0 Å². The molecule has 2 aromatic rings. The molecule has 0 spiro atoms. The maximum atomic E-state index is 10.5. The van der Waals surface area contributed by atoms with Crippen molar-refractivity contribution in [2.24, 2.45) is 0 Å². The number of Topliss-reactive ketones (excluding diaryl/α,β-unsaturated/α-hetero) is 1. The molecule has 1 aliphatic heterocycles. The minimum absolute atomic E-state index is 0.0255. The molecule has 1 heterocycles. The molecule has 0 bridgehead atoms. The Labute approximate surface area is 189 Å². The second kappa shape index (κ2) is 17.4. The fraction of sp³-hybridized carbons (Fsp3) is 0.385. The number of hydrogen-bond donors (Lipinski definition) is 1. The molecule has 4 rings (SSSR count). The smallest absolute Gasteiger partial charge is 0.335 e. The summed E-state index contributed by atoms with van der Waals surface area (Å²) < 4.78 is 4.76. The van der Waals surface area contributed by atoms with Crippen molar-refractivity contribution in [2.45, 2.75) is 57.8 Å². The highest BCUT2D eigenvalue weighted by Crippen LogP contribution is 2.12. The lowest BCUT2D eigenvalue weighted by Crippen LogP contribution is -2.02. The molecule has 0 unspecified atom stereocenters. The van der Waals surface area contributed by atoms with Crippen LogP contribution in [0, 0.1) is 0 Å². The van der Waals surface area contributed by atoms with Crippen molar-refractivity contribution < 1.29 is 29.0 Å². The van der Waals surface area contributed by atoms with Crippen LogP contribution in [0.15, 0.2) is 60.7 Å². The molecule has 1 aliphatic carbocycles. The van der Waals surface area contributed by atoms with Crippen molar-refractivity contribution in [3.63, 3.8) is 0 Å². The molecular weight excluding hydrogens is 408 g/mol. The largest absolute Gasteiger partial charge is 0.478 e. The van der Waals surface area contributed by atoms with Gasteiger partial charge in [0.15, 0.2) is 0 Å². The normalized spacial score (nSPS) is 15.0. The van der Waals surface area contributed by atoms with Crippen LogP contribution in [0.3, 0.4) is 0 Å². The third-order valence-electron chi connectivity index (χ3n) is 4.66. The highest BCUT2D eigenvalue weighted by Gasteiger charge is 2.06. The van der Waals surface area contributed by atoms with Crippen LogP contribution in [0.1, 0.15) is 78.5 Å². The Balaban J connectivity index is 0.000000214. The zero-order valence-corrected chi connectivity index (χ0v) is 18.4. The quantitative estimate of drug-likeness (QED) is 0.489. The van der Waals surface area contributed by atoms with E-state index < -0.39 is 5.97 Å². The molecule has 6 heteroatoms. The maximum absolute atomic E-state index is 10.5. The first-order valence-electron chi connectivity index (χ1n) is 11.0. The Morgan fingerprint density at radius 1 is 0.750 bits per heavy atom. The third kappa shape index (κ3) is 13.9. The summed E-state index contributed by atoms with van der Waals surface area (Å²) in [5.74, 6) is -0.440. The number of cyclic esters (lactones) is 1. The summed E-state index contributed by atoms with van der Waals surface area (Å²) in [6.45, 7) is 0.638. The molecule has 2 fully saturated rings. The molecule has 2 aliphatic rings. The van der Waals surface area contributed by atoms with Crippen LogP contribution in [-0.4, -0.2) is 35.7 Å². The lowest BCUT2D eigenvalue weighted by atomic mass is 10.00. The van der Waals surface area contributed by atoms with Gasteiger partial charge in [0.05, 0.1) is 12.2 Å². The fourth-order valence-corrected chi connectivity index (χ4v) is 2.86. The number of ether oxygens (including phenoxy) is 1. The highest BCUT2D eigenvalue weighted by molar-refractivity contribution is 5.87. The van der Waals surface area contributed by atoms with Gasteiger partial charge in [0, 0.05) is 24.8 Å². The number of carbonyl (C=O) groups excluding carboxylic acids is 3. The van der Waals surface area contributed by atoms with E-state index in [4.69, 9.17) is 9.84 Å². The van der Waals surface area contributed by atoms with Gasteiger partial charge in [-0.05, 0) is 44.2 Å². The second-order valence-corrected chi connectivity index (χ2v) is 7.33. The van der Waals surface area contributed by atoms with E-state index in [-0.39, 0.29) is 5.97 Å². The lowest BCUT2D eigenvalue weighted by Gasteiger charge is -2.05. The van der Waals surface area contributed by atoms with E-state index in [1.807, 2.05) is 18.2 Å². The third-order valence-corrected chi connectivity index (χ3v) is 4.66. The minimum atomic E-state index is -0.879. The van der Waals surface area contributed by atoms with Crippen LogP contribution >= 0.6 is 0 Å². The van der Waals surface area contributed by atoms with Crippen molar-refractivity contribution in [3.05, 3.63) is 71.8 Å². The molecule has 0 aromatic heterocycles. The first-order valence-corrected chi connectivity index (χ1v) is 11.0. The van der Waals surface area contributed by atoms with E-state index in [9.17, 15) is 19.2 Å². The van der Waals surface area contributed by atoms with Crippen LogP contribution in [0.5, 0.6) is 0 Å². The van der Waals surface area contributed by atoms with E-state index in [0.717, 1.165) is 56.8 Å². The summed E-state index contributed by atoms with van der Waals surface area (Å²) in [4.78, 5) is 41.1. The van der Waals surface area contributed by atoms with Crippen LogP contribution in [0.25, 0.3) is 0 Å². The van der Waals surface area contributed by atoms with Gasteiger partial charge in [-0.25, -0.2) is 4.79 Å². The van der Waals surface area contributed by atoms with Gasteiger partial charge >= 0.3 is 11.9 Å². The summed E-state index contributed by atoms with van der Waals surface area (Å²) >= 11 is 0. The first-order chi connectivity index (χ1) is 15.5. The molecule has 1 saturated carbocycles. The van der Waals surface area contributed by atoms with Crippen LogP contribution in [-0.2, 0) is 14.3 Å². The Morgan fingerprint density at radius 2 is 1.28 bits per heavy atom. The molecule has 1 N–H and O–H groups in total. The summed E-state index contributed by atoms with van der Waals surface area (Å²) in [5, 5.41) is 8.38. The second-order valence-electron chi connectivity index (χ2n) is 7.33. The van der Waals surface area contributed by atoms with Gasteiger partial charge in [-0.2, -0.15) is 0 Å². The number of ketones is 1. The number of rotatable bonds is 2. The van der Waals surface area contributed by atoms with Crippen molar-refractivity contribution in [1.82, 2.24) is 0 Å². The summed E-state index contributed by atoms with van der Waals surface area (Å²) in [5.41, 5.74) is 1.06. The summed E-state index contributed by atoms with van der Waals surface area (Å²) in [6.07, 6.45) is 9.90. The predicted molar refractivity (Wildman–Crippen MR) is 123 cm³/mol. The molecule has 6 nitrogen and oxygen atoms in total. The number of benzene rings is 2. The van der Waals surface area contributed by atoms with Crippen molar-refractivity contribution in [1.29, 1.82) is 0 Å². The molecule has 1 saturated heterocycles. The Bertz CT molecular complexity index is 784. The predicted octanol–water partition coefficient (Wildman–Crippen LogP) is 5.51. The van der Waals surface area contributed by atoms with Gasteiger partial charge in [-0.3, -0.25) is 14.4 Å². The molecule has 32 heavy (non-hydrogen) atoms. The average molecular weight is 441 g/mol. The maximum Gasteiger partial charge on any atom is 0.335 e. The van der Waals surface area contributed by atoms with E-state index in [1.54, 1.807) is 42.5 Å². The first kappa shape index (κ1) is 26.8. The number of aldehydes is 1. The average Bonchev–Trinajstić information content (AvgIpc) is 3.09. The van der Waals surface area contributed by atoms with Crippen LogP contribution in [0.4, 0.5) is 0 Å². The van der Waals surface area contributed by atoms with Crippen LogP contribution in [0.2, 0.25) is 0 Å². The molecule has 0 amide bonds. The molecule has 0 radical (unpaired) electrons. The topological polar surface area (TPSA) is 97.7 Å². The number of esters is 1. The van der Waals surface area contributed by atoms with Crippen molar-refractivity contribution >= 4 is 24.0 Å². The van der Waals surface area contributed by atoms with Gasteiger partial charge in [-0.15, -0.1) is 0 Å². The summed E-state index contributed by atoms with van der Waals surface area (Å²) in [6, 6.07) is 17.4. The van der Waals surface area contributed by atoms with Crippen molar-refractivity contribution in [3.8, 4) is 0 Å². The Hall–Kier alpha value is -3.28. The van der Waals surface area contributed by atoms with Gasteiger partial charge < -0.3 is 9.84 Å². The molecule has 2 aromatic carbocycles. The number of carboxylic acids is 1. The zero-order valence-electron chi connectivity index (χ0n) is 18.4. The fourth-order valence-electron chi connectivity index (χ4n) is 2.86. The minimum Gasteiger partial charge on any atom is -0.478 e. The van der Waals surface area contributed by atoms with E-state index in [2.05, 4.69) is 0 Å². The van der Waals surface area contributed by atoms with Crippen LogP contribution < -0.4 is 0 Å². The number of hydrogen-bond acceptors (Lipinski definition) is 5.